The highest BCUT2D eigenvalue weighted by molar-refractivity contribution is 5.87. The number of aliphatic hydroxyl groups excluding tert-OH is 2. The molecule has 4 aliphatic rings. The predicted octanol–water partition coefficient (Wildman–Crippen LogP) is 4.05. The summed E-state index contributed by atoms with van der Waals surface area (Å²) < 4.78 is 18.0. The van der Waals surface area contributed by atoms with Crippen LogP contribution in [0.25, 0.3) is 23.3 Å². The third-order valence-electron chi connectivity index (χ3n) is 9.61. The van der Waals surface area contributed by atoms with E-state index in [1.165, 1.54) is 18.7 Å². The van der Waals surface area contributed by atoms with Gasteiger partial charge in [-0.05, 0) is 75.7 Å². The zero-order valence-corrected chi connectivity index (χ0v) is 24.7. The molecule has 4 atom stereocenters. The summed E-state index contributed by atoms with van der Waals surface area (Å²) in [5.74, 6) is 1.82. The van der Waals surface area contributed by atoms with Crippen molar-refractivity contribution in [3.63, 3.8) is 0 Å². The molecule has 2 heterocycles. The fourth-order valence-electron chi connectivity index (χ4n) is 7.59. The monoisotopic (exact) mass is 603 g/mol. The zero-order valence-electron chi connectivity index (χ0n) is 24.7. The lowest BCUT2D eigenvalue weighted by Crippen LogP contribution is -2.32. The molecule has 0 bridgehead atoms. The van der Waals surface area contributed by atoms with Crippen LogP contribution in [0, 0.1) is 0 Å². The first-order chi connectivity index (χ1) is 21.9. The summed E-state index contributed by atoms with van der Waals surface area (Å²) in [6, 6.07) is 16.9. The van der Waals surface area contributed by atoms with Gasteiger partial charge < -0.3 is 34.6 Å². The summed E-state index contributed by atoms with van der Waals surface area (Å²) in [6.07, 6.45) is 5.82. The number of hydrogen-bond donors (Lipinski definition) is 4. The van der Waals surface area contributed by atoms with E-state index in [0.29, 0.717) is 42.2 Å². The third kappa shape index (κ3) is 4.39. The molecule has 4 aromatic rings. The first kappa shape index (κ1) is 27.7. The molecule has 0 aromatic heterocycles. The molecule has 0 spiro atoms. The lowest BCUT2D eigenvalue weighted by Gasteiger charge is -2.40. The van der Waals surface area contributed by atoms with Gasteiger partial charge in [-0.25, -0.2) is 0 Å². The highest BCUT2D eigenvalue weighted by Gasteiger charge is 2.41. The molecule has 8 nitrogen and oxygen atoms in total. The molecule has 0 unspecified atom stereocenters. The number of ether oxygens (including phenoxy) is 3. The molecule has 228 valence electrons. The van der Waals surface area contributed by atoms with E-state index in [9.17, 15) is 20.4 Å². The number of benzene rings is 4. The van der Waals surface area contributed by atoms with Gasteiger partial charge in [0.2, 0.25) is 0 Å². The lowest BCUT2D eigenvalue weighted by molar-refractivity contribution is 0.0201. The van der Waals surface area contributed by atoms with Gasteiger partial charge >= 0.3 is 0 Å². The van der Waals surface area contributed by atoms with Crippen LogP contribution in [0.5, 0.6) is 28.7 Å². The molecule has 8 rings (SSSR count). The zero-order chi connectivity index (χ0) is 30.8. The Bertz CT molecular complexity index is 2020. The van der Waals surface area contributed by atoms with Crippen molar-refractivity contribution in [3.8, 4) is 39.9 Å². The highest BCUT2D eigenvalue weighted by atomic mass is 16.5. The van der Waals surface area contributed by atoms with Gasteiger partial charge in [0.1, 0.15) is 30.0 Å². The van der Waals surface area contributed by atoms with Gasteiger partial charge in [-0.15, -0.1) is 0 Å². The van der Waals surface area contributed by atoms with Gasteiger partial charge in [-0.3, -0.25) is 4.99 Å². The summed E-state index contributed by atoms with van der Waals surface area (Å²) in [6.45, 7) is 0.652. The smallest absolute Gasteiger partial charge is 0.160 e. The first-order valence-corrected chi connectivity index (χ1v) is 15.3. The van der Waals surface area contributed by atoms with Crippen molar-refractivity contribution >= 4 is 12.2 Å². The van der Waals surface area contributed by atoms with Crippen molar-refractivity contribution in [2.75, 3.05) is 26.9 Å². The van der Waals surface area contributed by atoms with Gasteiger partial charge in [0.25, 0.3) is 0 Å². The Morgan fingerprint density at radius 3 is 2.62 bits per heavy atom. The van der Waals surface area contributed by atoms with Crippen LogP contribution >= 0.6 is 0 Å². The molecule has 45 heavy (non-hydrogen) atoms. The number of rotatable bonds is 6. The van der Waals surface area contributed by atoms with Crippen molar-refractivity contribution in [1.82, 2.24) is 0 Å². The second kappa shape index (κ2) is 10.7. The highest BCUT2D eigenvalue weighted by Crippen LogP contribution is 2.57. The number of aromatic hydroxyl groups is 2. The molecule has 4 N–H and O–H groups in total. The fraction of sp³-hybridized carbons (Fsp3) is 0.270. The molecule has 2 aliphatic carbocycles. The van der Waals surface area contributed by atoms with E-state index in [0.717, 1.165) is 44.0 Å². The molecule has 0 radical (unpaired) electrons. The number of allylic oxidation sites excluding steroid dienone is 1. The number of phenolic OH excluding ortho intramolecular Hbond substituents is 2. The normalized spacial score (nSPS) is 21.8. The summed E-state index contributed by atoms with van der Waals surface area (Å²) >= 11 is 0. The minimum Gasteiger partial charge on any atom is -0.507 e. The third-order valence-corrected chi connectivity index (χ3v) is 9.61. The molecule has 0 saturated heterocycles. The van der Waals surface area contributed by atoms with E-state index in [-0.39, 0.29) is 36.5 Å². The fourth-order valence-corrected chi connectivity index (χ4v) is 7.59. The molecule has 0 saturated carbocycles. The van der Waals surface area contributed by atoms with E-state index in [4.69, 9.17) is 14.2 Å². The van der Waals surface area contributed by atoms with Crippen molar-refractivity contribution < 1.29 is 34.6 Å². The van der Waals surface area contributed by atoms with E-state index in [1.54, 1.807) is 18.2 Å². The second-order valence-electron chi connectivity index (χ2n) is 12.0. The number of hydrogen-bond acceptors (Lipinski definition) is 8. The average molecular weight is 604 g/mol. The van der Waals surface area contributed by atoms with Crippen LogP contribution in [0.1, 0.15) is 51.3 Å². The maximum absolute atomic E-state index is 11.5. The molecular weight excluding hydrogens is 570 g/mol. The maximum Gasteiger partial charge on any atom is 0.160 e. The minimum atomic E-state index is -0.852. The SMILES string of the molecule is COc1cc([C@H]2Oc3cc(OCCO)c4c(c3C[C@H]2O)C[C@H]2c3c-4ccc(O)c3C=C[C@@H]2c2ccc3c(c2)=CCN=3)ccc1O. The quantitative estimate of drug-likeness (QED) is 0.263. The van der Waals surface area contributed by atoms with Gasteiger partial charge in [0.05, 0.1) is 31.7 Å². The van der Waals surface area contributed by atoms with E-state index in [1.807, 2.05) is 18.2 Å². The van der Waals surface area contributed by atoms with Gasteiger partial charge in [0.15, 0.2) is 11.5 Å². The van der Waals surface area contributed by atoms with E-state index >= 15 is 0 Å². The van der Waals surface area contributed by atoms with Crippen LogP contribution in [0.15, 0.2) is 65.7 Å². The summed E-state index contributed by atoms with van der Waals surface area (Å²) in [7, 11) is 1.48. The Labute approximate surface area is 259 Å². The van der Waals surface area contributed by atoms with Crippen LogP contribution in [0.4, 0.5) is 0 Å². The summed E-state index contributed by atoms with van der Waals surface area (Å²) in [5, 5.41) is 44.4. The van der Waals surface area contributed by atoms with Crippen molar-refractivity contribution in [3.05, 3.63) is 105 Å². The molecule has 0 fully saturated rings. The molecule has 8 heteroatoms. The van der Waals surface area contributed by atoms with Crippen LogP contribution < -0.4 is 24.8 Å². The Kier molecular flexibility index (Phi) is 6.58. The Balaban J connectivity index is 1.29. The standard InChI is InChI=1S/C37H33NO7/c1-43-33-15-21(3-8-30(33)41)37-31(42)17-25-27-16-26-22(19-2-7-28-20(14-19)10-11-38-28)4-5-23-29(40)9-6-24(35(23)26)36(27)34(44-13-12-39)18-32(25)45-37/h2-10,14-15,18,22,26,31,37,39-42H,11-13,16-17H2,1H3/t22-,26-,31-,37-/m1/s1. The van der Waals surface area contributed by atoms with Crippen LogP contribution in [0.2, 0.25) is 0 Å². The molecular formula is C37H33NO7. The first-order valence-electron chi connectivity index (χ1n) is 15.3. The number of methoxy groups -OCH3 is 1. The number of aliphatic hydroxyl groups is 2. The van der Waals surface area contributed by atoms with Crippen molar-refractivity contribution in [1.29, 1.82) is 0 Å². The average Bonchev–Trinajstić information content (AvgIpc) is 3.53. The molecule has 4 aromatic carbocycles. The Hall–Kier alpha value is -4.79. The largest absolute Gasteiger partial charge is 0.507 e. The summed E-state index contributed by atoms with van der Waals surface area (Å²) in [4.78, 5) is 4.56. The lowest BCUT2D eigenvalue weighted by atomic mass is 9.66. The maximum atomic E-state index is 11.5. The Morgan fingerprint density at radius 1 is 0.933 bits per heavy atom. The Morgan fingerprint density at radius 2 is 1.78 bits per heavy atom. The van der Waals surface area contributed by atoms with Crippen LogP contribution in [0.3, 0.4) is 0 Å². The molecule has 0 amide bonds. The topological polar surface area (TPSA) is 121 Å². The molecule has 2 aliphatic heterocycles. The second-order valence-corrected chi connectivity index (χ2v) is 12.0. The number of fused-ring (bicyclic) bond motifs is 5. The van der Waals surface area contributed by atoms with Crippen LogP contribution in [-0.4, -0.2) is 53.4 Å². The predicted molar refractivity (Wildman–Crippen MR) is 169 cm³/mol. The summed E-state index contributed by atoms with van der Waals surface area (Å²) in [5.41, 5.74) is 7.60. The van der Waals surface area contributed by atoms with Gasteiger partial charge in [-0.2, -0.15) is 0 Å². The van der Waals surface area contributed by atoms with E-state index in [2.05, 4.69) is 35.3 Å². The number of phenols is 2. The van der Waals surface area contributed by atoms with Gasteiger partial charge in [0, 0.05) is 35.1 Å². The van der Waals surface area contributed by atoms with Crippen molar-refractivity contribution in [2.45, 2.75) is 36.9 Å². The minimum absolute atomic E-state index is 0.0107. The van der Waals surface area contributed by atoms with E-state index < -0.39 is 12.2 Å². The van der Waals surface area contributed by atoms with Gasteiger partial charge in [-0.1, -0.05) is 36.4 Å². The van der Waals surface area contributed by atoms with Crippen molar-refractivity contribution in [2.24, 2.45) is 4.99 Å². The number of nitrogens with zero attached hydrogens (tertiary/aromatic N) is 1. The van der Waals surface area contributed by atoms with Crippen LogP contribution in [-0.2, 0) is 12.8 Å².